The fourth-order valence-electron chi connectivity index (χ4n) is 6.73. The number of benzene rings is 6. The maximum atomic E-state index is 2.54. The van der Waals surface area contributed by atoms with Gasteiger partial charge in [-0.2, -0.15) is 0 Å². The molecule has 2 nitrogen and oxygen atoms in total. The van der Waals surface area contributed by atoms with Crippen LogP contribution >= 0.6 is 0 Å². The Hall–Kier alpha value is -4.56. The number of fused-ring (bicyclic) bond motifs is 8. The van der Waals surface area contributed by atoms with Gasteiger partial charge >= 0.3 is 0 Å². The molecule has 9 rings (SSSR count). The van der Waals surface area contributed by atoms with E-state index in [1.807, 2.05) is 0 Å². The first-order valence-electron chi connectivity index (χ1n) is 12.2. The molecule has 6 aromatic carbocycles. The zero-order chi connectivity index (χ0) is 22.8. The van der Waals surface area contributed by atoms with Crippen molar-refractivity contribution in [2.45, 2.75) is 0 Å². The van der Waals surface area contributed by atoms with Gasteiger partial charge in [-0.3, -0.25) is 0 Å². The van der Waals surface area contributed by atoms with Gasteiger partial charge in [-0.05, 0) is 45.8 Å². The monoisotopic (exact) mass is 444 g/mol. The lowest BCUT2D eigenvalue weighted by molar-refractivity contribution is 1.02. The van der Waals surface area contributed by atoms with Crippen molar-refractivity contribution in [2.75, 3.05) is 0 Å². The van der Waals surface area contributed by atoms with E-state index in [-0.39, 0.29) is 0 Å². The molecule has 0 fully saturated rings. The molecule has 3 aromatic heterocycles. The van der Waals surface area contributed by atoms with Crippen LogP contribution in [0, 0.1) is 0 Å². The number of nitrogens with zero attached hydrogens (tertiary/aromatic N) is 2. The van der Waals surface area contributed by atoms with Crippen molar-refractivity contribution in [3.8, 4) is 0 Å². The number of hydrogen-bond acceptors (Lipinski definition) is 0. The number of hydrogen-bond donors (Lipinski definition) is 0. The number of aryl methyl sites for hydroxylation is 1. The van der Waals surface area contributed by atoms with Gasteiger partial charge in [-0.25, -0.2) is 0 Å². The second-order valence-corrected chi connectivity index (χ2v) is 9.85. The van der Waals surface area contributed by atoms with E-state index in [2.05, 4.69) is 119 Å². The summed E-state index contributed by atoms with van der Waals surface area (Å²) >= 11 is 0. The van der Waals surface area contributed by atoms with Gasteiger partial charge in [0.05, 0.1) is 22.1 Å². The Balaban J connectivity index is 1.76. The Bertz CT molecular complexity index is 2330. The maximum absolute atomic E-state index is 2.54. The Labute approximate surface area is 200 Å². The average Bonchev–Trinajstić information content (AvgIpc) is 3.34. The van der Waals surface area contributed by atoms with Crippen LogP contribution in [0.4, 0.5) is 0 Å². The molecule has 0 spiro atoms. The zero-order valence-electron chi connectivity index (χ0n) is 19.2. The molecule has 0 aliphatic carbocycles. The van der Waals surface area contributed by atoms with E-state index in [1.165, 1.54) is 81.4 Å². The molecule has 0 saturated heterocycles. The molecule has 0 N–H and O–H groups in total. The van der Waals surface area contributed by atoms with E-state index in [4.69, 9.17) is 0 Å². The van der Waals surface area contributed by atoms with Crippen molar-refractivity contribution < 1.29 is 0 Å². The Morgan fingerprint density at radius 3 is 1.91 bits per heavy atom. The van der Waals surface area contributed by atoms with Crippen molar-refractivity contribution in [3.05, 3.63) is 103 Å². The van der Waals surface area contributed by atoms with E-state index < -0.39 is 0 Å². The number of rotatable bonds is 0. The van der Waals surface area contributed by atoms with E-state index in [0.29, 0.717) is 0 Å². The molecule has 2 heteroatoms. The molecule has 0 saturated carbocycles. The lowest BCUT2D eigenvalue weighted by Gasteiger charge is -2.08. The van der Waals surface area contributed by atoms with Gasteiger partial charge in [0.2, 0.25) is 0 Å². The highest BCUT2D eigenvalue weighted by Gasteiger charge is 2.22. The van der Waals surface area contributed by atoms with E-state index in [1.54, 1.807) is 0 Å². The Morgan fingerprint density at radius 2 is 1.06 bits per heavy atom. The second-order valence-electron chi connectivity index (χ2n) is 9.85. The molecule has 35 heavy (non-hydrogen) atoms. The molecule has 0 radical (unpaired) electrons. The maximum Gasteiger partial charge on any atom is 0.0619 e. The van der Waals surface area contributed by atoms with E-state index in [0.717, 1.165) is 0 Å². The van der Waals surface area contributed by atoms with Crippen LogP contribution in [0.15, 0.2) is 103 Å². The van der Waals surface area contributed by atoms with Crippen LogP contribution in [0.2, 0.25) is 0 Å². The lowest BCUT2D eigenvalue weighted by atomic mass is 10.0. The molecule has 0 aliphatic rings. The molecular weight excluding hydrogens is 424 g/mol. The van der Waals surface area contributed by atoms with Gasteiger partial charge in [0.15, 0.2) is 0 Å². The number of aromatic nitrogens is 2. The summed E-state index contributed by atoms with van der Waals surface area (Å²) in [5.74, 6) is 0. The predicted octanol–water partition coefficient (Wildman–Crippen LogP) is 8.79. The third-order valence-electron chi connectivity index (χ3n) is 8.18. The van der Waals surface area contributed by atoms with Crippen LogP contribution in [0.25, 0.3) is 81.4 Å². The largest absolute Gasteiger partial charge is 0.343 e. The standard InChI is InChI=1S/C33H20N2/c1-34-27-15-7-12-23-24-13-6-14-25-26-16-19-8-2-3-9-20(19)17-28(26)35(32(24)25)29-18-21-10-4-5-11-22(21)33(34)31(29)30(23)27/h2-18H,1H3. The molecule has 3 heterocycles. The SMILES string of the molecule is Cn1c2cccc3c4cccc5c6cc7ccccc7cc6n(c6cc7ccccc7c1c6c32)c45. The summed E-state index contributed by atoms with van der Waals surface area (Å²) in [5.41, 5.74) is 6.45. The van der Waals surface area contributed by atoms with Gasteiger partial charge in [0.25, 0.3) is 0 Å². The summed E-state index contributed by atoms with van der Waals surface area (Å²) in [5, 5.41) is 13.1. The van der Waals surface area contributed by atoms with Crippen molar-refractivity contribution in [1.29, 1.82) is 0 Å². The van der Waals surface area contributed by atoms with Gasteiger partial charge in [0.1, 0.15) is 0 Å². The quantitative estimate of drug-likeness (QED) is 0.221. The lowest BCUT2D eigenvalue weighted by Crippen LogP contribution is -1.91. The third-order valence-corrected chi connectivity index (χ3v) is 8.18. The fraction of sp³-hybridized carbons (Fsp3) is 0.0303. The summed E-state index contributed by atoms with van der Waals surface area (Å²) < 4.78 is 4.94. The van der Waals surface area contributed by atoms with Gasteiger partial charge in [-0.1, -0.05) is 78.9 Å². The highest BCUT2D eigenvalue weighted by atomic mass is 15.0. The first-order valence-corrected chi connectivity index (χ1v) is 12.2. The summed E-state index contributed by atoms with van der Waals surface area (Å²) in [6, 6.07) is 38.3. The van der Waals surface area contributed by atoms with Gasteiger partial charge < -0.3 is 8.97 Å². The van der Waals surface area contributed by atoms with Crippen LogP contribution < -0.4 is 0 Å². The highest BCUT2D eigenvalue weighted by molar-refractivity contribution is 6.34. The molecular formula is C33H20N2. The molecule has 9 aromatic rings. The summed E-state index contributed by atoms with van der Waals surface area (Å²) in [6.07, 6.45) is 0. The molecule has 0 bridgehead atoms. The van der Waals surface area contributed by atoms with Crippen LogP contribution in [0.1, 0.15) is 0 Å². The second kappa shape index (κ2) is 5.92. The van der Waals surface area contributed by atoms with Crippen molar-refractivity contribution in [3.63, 3.8) is 0 Å². The Kier molecular flexibility index (Phi) is 3.02. The molecule has 0 aliphatic heterocycles. The van der Waals surface area contributed by atoms with Crippen molar-refractivity contribution >= 4 is 81.4 Å². The minimum absolute atomic E-state index is 1.27. The summed E-state index contributed by atoms with van der Waals surface area (Å²) in [4.78, 5) is 0. The molecule has 0 amide bonds. The zero-order valence-corrected chi connectivity index (χ0v) is 19.2. The first kappa shape index (κ1) is 17.9. The van der Waals surface area contributed by atoms with Crippen LogP contribution in [0.3, 0.4) is 0 Å². The Morgan fingerprint density at radius 1 is 0.429 bits per heavy atom. The van der Waals surface area contributed by atoms with Crippen LogP contribution in [-0.2, 0) is 7.05 Å². The predicted molar refractivity (Wildman–Crippen MR) is 150 cm³/mol. The molecule has 0 unspecified atom stereocenters. The van der Waals surface area contributed by atoms with Crippen LogP contribution in [0.5, 0.6) is 0 Å². The highest BCUT2D eigenvalue weighted by Crippen LogP contribution is 2.45. The minimum atomic E-state index is 1.27. The van der Waals surface area contributed by atoms with Gasteiger partial charge in [-0.15, -0.1) is 0 Å². The topological polar surface area (TPSA) is 9.34 Å². The van der Waals surface area contributed by atoms with Crippen molar-refractivity contribution in [2.24, 2.45) is 7.05 Å². The summed E-state index contributed by atoms with van der Waals surface area (Å²) in [6.45, 7) is 0. The van der Waals surface area contributed by atoms with E-state index >= 15 is 0 Å². The normalized spacial score (nSPS) is 12.7. The van der Waals surface area contributed by atoms with Gasteiger partial charge in [0, 0.05) is 44.9 Å². The smallest absolute Gasteiger partial charge is 0.0619 e. The van der Waals surface area contributed by atoms with Crippen LogP contribution in [-0.4, -0.2) is 8.97 Å². The molecule has 162 valence electrons. The number of para-hydroxylation sites is 1. The van der Waals surface area contributed by atoms with Crippen molar-refractivity contribution in [1.82, 2.24) is 8.97 Å². The fourth-order valence-corrected chi connectivity index (χ4v) is 6.73. The average molecular weight is 445 g/mol. The first-order chi connectivity index (χ1) is 17.3. The minimum Gasteiger partial charge on any atom is -0.343 e. The van der Waals surface area contributed by atoms with E-state index in [9.17, 15) is 0 Å². The third kappa shape index (κ3) is 1.99. The molecule has 0 atom stereocenters. The summed E-state index contributed by atoms with van der Waals surface area (Å²) in [7, 11) is 2.22.